The van der Waals surface area contributed by atoms with Gasteiger partial charge < -0.3 is 21.9 Å². The van der Waals surface area contributed by atoms with Crippen molar-refractivity contribution in [3.8, 4) is 0 Å². The van der Waals surface area contributed by atoms with Crippen molar-refractivity contribution < 1.29 is 14.7 Å². The van der Waals surface area contributed by atoms with Crippen LogP contribution in [0.25, 0.3) is 0 Å². The second-order valence-electron chi connectivity index (χ2n) is 2.98. The van der Waals surface area contributed by atoms with E-state index in [1.807, 2.05) is 0 Å². The van der Waals surface area contributed by atoms with E-state index >= 15 is 0 Å². The molecule has 0 unspecified atom stereocenters. The zero-order chi connectivity index (χ0) is 13.3. The van der Waals surface area contributed by atoms with E-state index in [4.69, 9.17) is 22.0 Å². The van der Waals surface area contributed by atoms with E-state index in [9.17, 15) is 9.59 Å². The van der Waals surface area contributed by atoms with Crippen LogP contribution in [0.5, 0.6) is 0 Å². The number of aliphatic imine (C=N–C) groups is 1. The van der Waals surface area contributed by atoms with Gasteiger partial charge in [-0.3, -0.25) is 15.0 Å². The Morgan fingerprint density at radius 2 is 2.06 bits per heavy atom. The molecule has 0 atom stereocenters. The van der Waals surface area contributed by atoms with Gasteiger partial charge in [-0.25, -0.2) is 0 Å². The standard InChI is InChI=1S/C8H15N5O3S/c9-7(10)13-8(11)17-4-5(14)12-3-1-2-6(15)16/h1-4H2,(H,12,14)(H,15,16)(H5,9,10,11,13). The number of carboxylic acid groups (broad SMARTS) is 1. The molecule has 1 amide bonds. The molecule has 0 rings (SSSR count). The van der Waals surface area contributed by atoms with Crippen molar-refractivity contribution in [2.24, 2.45) is 16.5 Å². The average Bonchev–Trinajstić information content (AvgIpc) is 2.20. The molecular weight excluding hydrogens is 246 g/mol. The maximum absolute atomic E-state index is 11.2. The number of carbonyl (C=O) groups excluding carboxylic acids is 1. The number of nitrogens with two attached hydrogens (primary N) is 2. The van der Waals surface area contributed by atoms with E-state index in [-0.39, 0.29) is 29.2 Å². The minimum atomic E-state index is -0.900. The topological polar surface area (TPSA) is 155 Å². The summed E-state index contributed by atoms with van der Waals surface area (Å²) in [5.41, 5.74) is 10.1. The van der Waals surface area contributed by atoms with Crippen LogP contribution >= 0.6 is 11.8 Å². The molecule has 0 aliphatic heterocycles. The Labute approximate surface area is 102 Å². The lowest BCUT2D eigenvalue weighted by atomic mass is 10.3. The van der Waals surface area contributed by atoms with Crippen molar-refractivity contribution >= 4 is 34.8 Å². The highest BCUT2D eigenvalue weighted by Crippen LogP contribution is 2.02. The molecule has 9 heteroatoms. The smallest absolute Gasteiger partial charge is 0.303 e. The summed E-state index contributed by atoms with van der Waals surface area (Å²) in [7, 11) is 0. The highest BCUT2D eigenvalue weighted by atomic mass is 32.2. The molecule has 0 spiro atoms. The second kappa shape index (κ2) is 8.39. The summed E-state index contributed by atoms with van der Waals surface area (Å²) >= 11 is 0.885. The SMILES string of the molecule is N=C(N=C(N)N)SCC(=O)NCCCC(=O)O. The molecule has 8 nitrogen and oxygen atoms in total. The maximum Gasteiger partial charge on any atom is 0.303 e. The number of aliphatic carboxylic acids is 1. The number of nitrogens with zero attached hydrogens (tertiary/aromatic N) is 1. The third-order valence-electron chi connectivity index (χ3n) is 1.46. The first kappa shape index (κ1) is 15.2. The Morgan fingerprint density at radius 3 is 2.59 bits per heavy atom. The highest BCUT2D eigenvalue weighted by molar-refractivity contribution is 8.14. The van der Waals surface area contributed by atoms with E-state index in [1.165, 1.54) is 0 Å². The van der Waals surface area contributed by atoms with Gasteiger partial charge in [-0.2, -0.15) is 4.99 Å². The van der Waals surface area contributed by atoms with Crippen LogP contribution in [0.4, 0.5) is 0 Å². The number of amides is 1. The number of hydrogen-bond acceptors (Lipinski definition) is 4. The molecule has 17 heavy (non-hydrogen) atoms. The number of carbonyl (C=O) groups is 2. The second-order valence-corrected chi connectivity index (χ2v) is 3.94. The number of carboxylic acids is 1. The molecule has 0 aliphatic rings. The summed E-state index contributed by atoms with van der Waals surface area (Å²) in [5.74, 6) is -1.41. The molecule has 0 bridgehead atoms. The number of nitrogens with one attached hydrogen (secondary N) is 2. The van der Waals surface area contributed by atoms with Gasteiger partial charge in [0.25, 0.3) is 0 Å². The van der Waals surface area contributed by atoms with Gasteiger partial charge in [0.05, 0.1) is 5.75 Å². The molecule has 0 aromatic heterocycles. The molecule has 0 radical (unpaired) electrons. The van der Waals surface area contributed by atoms with Crippen LogP contribution in [0.15, 0.2) is 4.99 Å². The molecule has 7 N–H and O–H groups in total. The zero-order valence-electron chi connectivity index (χ0n) is 9.10. The van der Waals surface area contributed by atoms with Crippen LogP contribution in [0.2, 0.25) is 0 Å². The Hall–Kier alpha value is -1.77. The fourth-order valence-electron chi connectivity index (χ4n) is 0.802. The van der Waals surface area contributed by atoms with Crippen molar-refractivity contribution in [2.45, 2.75) is 12.8 Å². The number of rotatable bonds is 6. The van der Waals surface area contributed by atoms with E-state index in [1.54, 1.807) is 0 Å². The third kappa shape index (κ3) is 10.5. The summed E-state index contributed by atoms with van der Waals surface area (Å²) in [6.45, 7) is 0.293. The molecule has 0 aromatic rings. The van der Waals surface area contributed by atoms with Crippen molar-refractivity contribution in [1.29, 1.82) is 5.41 Å². The van der Waals surface area contributed by atoms with Gasteiger partial charge in [-0.15, -0.1) is 0 Å². The first-order valence-electron chi connectivity index (χ1n) is 4.71. The summed E-state index contributed by atoms with van der Waals surface area (Å²) in [4.78, 5) is 24.8. The summed E-state index contributed by atoms with van der Waals surface area (Å²) < 4.78 is 0. The molecular formula is C8H15N5O3S. The molecule has 0 saturated carbocycles. The average molecular weight is 261 g/mol. The number of thioether (sulfide) groups is 1. The van der Waals surface area contributed by atoms with Crippen LogP contribution in [-0.4, -0.2) is 40.4 Å². The largest absolute Gasteiger partial charge is 0.481 e. The van der Waals surface area contributed by atoms with Crippen LogP contribution in [0.3, 0.4) is 0 Å². The van der Waals surface area contributed by atoms with Crippen LogP contribution in [0, 0.1) is 5.41 Å². The van der Waals surface area contributed by atoms with Crippen LogP contribution in [-0.2, 0) is 9.59 Å². The van der Waals surface area contributed by atoms with Gasteiger partial charge in [0.2, 0.25) is 5.91 Å². The number of guanidine groups is 1. The van der Waals surface area contributed by atoms with E-state index in [0.717, 1.165) is 11.8 Å². The van der Waals surface area contributed by atoms with Crippen LogP contribution < -0.4 is 16.8 Å². The van der Waals surface area contributed by atoms with Crippen molar-refractivity contribution in [2.75, 3.05) is 12.3 Å². The summed E-state index contributed by atoms with van der Waals surface area (Å²) in [6.07, 6.45) is 0.383. The molecule has 96 valence electrons. The predicted octanol–water partition coefficient (Wildman–Crippen LogP) is -1.09. The van der Waals surface area contributed by atoms with Crippen LogP contribution in [0.1, 0.15) is 12.8 Å². The van der Waals surface area contributed by atoms with Gasteiger partial charge in [0.15, 0.2) is 11.1 Å². The summed E-state index contributed by atoms with van der Waals surface area (Å²) in [6, 6.07) is 0. The fourth-order valence-corrected chi connectivity index (χ4v) is 1.34. The zero-order valence-corrected chi connectivity index (χ0v) is 9.92. The minimum absolute atomic E-state index is 0.0112. The predicted molar refractivity (Wildman–Crippen MR) is 65.9 cm³/mol. The fraction of sp³-hybridized carbons (Fsp3) is 0.500. The Bertz CT molecular complexity index is 327. The Morgan fingerprint density at radius 1 is 1.41 bits per heavy atom. The number of hydrogen-bond donors (Lipinski definition) is 5. The highest BCUT2D eigenvalue weighted by Gasteiger charge is 2.04. The molecule has 0 heterocycles. The first-order chi connectivity index (χ1) is 7.91. The van der Waals surface area contributed by atoms with E-state index in [2.05, 4.69) is 10.3 Å². The first-order valence-corrected chi connectivity index (χ1v) is 5.70. The monoisotopic (exact) mass is 261 g/mol. The maximum atomic E-state index is 11.2. The van der Waals surface area contributed by atoms with Gasteiger partial charge in [0, 0.05) is 13.0 Å². The quantitative estimate of drug-likeness (QED) is 0.232. The Balaban J connectivity index is 3.63. The van der Waals surface area contributed by atoms with Crippen molar-refractivity contribution in [3.05, 3.63) is 0 Å². The Kier molecular flexibility index (Phi) is 7.52. The van der Waals surface area contributed by atoms with Gasteiger partial charge in [0.1, 0.15) is 0 Å². The number of amidine groups is 1. The molecule has 0 aliphatic carbocycles. The molecule has 0 saturated heterocycles. The van der Waals surface area contributed by atoms with Gasteiger partial charge in [-0.05, 0) is 6.42 Å². The van der Waals surface area contributed by atoms with E-state index < -0.39 is 5.97 Å². The lowest BCUT2D eigenvalue weighted by Crippen LogP contribution is -2.27. The molecule has 0 aromatic carbocycles. The lowest BCUT2D eigenvalue weighted by molar-refractivity contribution is -0.137. The normalized spacial score (nSPS) is 9.41. The lowest BCUT2D eigenvalue weighted by Gasteiger charge is -2.03. The van der Waals surface area contributed by atoms with Gasteiger partial charge >= 0.3 is 5.97 Å². The summed E-state index contributed by atoms with van der Waals surface area (Å²) in [5, 5.41) is 18.0. The third-order valence-corrected chi connectivity index (χ3v) is 2.23. The van der Waals surface area contributed by atoms with Gasteiger partial charge in [-0.1, -0.05) is 11.8 Å². The van der Waals surface area contributed by atoms with E-state index in [0.29, 0.717) is 13.0 Å². The minimum Gasteiger partial charge on any atom is -0.481 e. The van der Waals surface area contributed by atoms with Crippen molar-refractivity contribution in [3.63, 3.8) is 0 Å². The molecule has 0 fully saturated rings. The van der Waals surface area contributed by atoms with Crippen molar-refractivity contribution in [1.82, 2.24) is 5.32 Å².